The van der Waals surface area contributed by atoms with Crippen LogP contribution in [0.4, 0.5) is 0 Å². The molecule has 0 aromatic carbocycles. The van der Waals surface area contributed by atoms with E-state index in [-0.39, 0.29) is 24.0 Å². The highest BCUT2D eigenvalue weighted by Gasteiger charge is 2.32. The minimum atomic E-state index is -0.120. The van der Waals surface area contributed by atoms with E-state index >= 15 is 0 Å². The maximum atomic E-state index is 11.7. The minimum absolute atomic E-state index is 0.00255. The Morgan fingerprint density at radius 3 is 2.57 bits per heavy atom. The largest absolute Gasteiger partial charge is 0.457 e. The molecule has 2 aliphatic rings. The van der Waals surface area contributed by atoms with Crippen molar-refractivity contribution in [2.24, 2.45) is 11.7 Å². The molecule has 1 saturated carbocycles. The first-order valence-corrected chi connectivity index (χ1v) is 5.31. The van der Waals surface area contributed by atoms with Gasteiger partial charge in [0.05, 0.1) is 19.1 Å². The molecule has 2 rings (SSSR count). The van der Waals surface area contributed by atoms with E-state index in [1.54, 1.807) is 0 Å². The fourth-order valence-electron chi connectivity index (χ4n) is 1.99. The zero-order valence-electron chi connectivity index (χ0n) is 8.28. The summed E-state index contributed by atoms with van der Waals surface area (Å²) >= 11 is 0. The second kappa shape index (κ2) is 4.28. The summed E-state index contributed by atoms with van der Waals surface area (Å²) in [4.78, 5) is 11.7. The first-order chi connectivity index (χ1) is 6.77. The van der Waals surface area contributed by atoms with Crippen molar-refractivity contribution in [1.82, 2.24) is 0 Å². The summed E-state index contributed by atoms with van der Waals surface area (Å²) in [5, 5.41) is 0. The van der Waals surface area contributed by atoms with Crippen LogP contribution in [0.25, 0.3) is 0 Å². The standard InChI is InChI=1S/C10H17NO3/c11-9-4-2-1-3-8(9)10(12)14-7-5-13-6-7/h7-9H,1-6,11H2. The lowest BCUT2D eigenvalue weighted by Crippen LogP contribution is -2.44. The maximum Gasteiger partial charge on any atom is 0.310 e. The monoisotopic (exact) mass is 199 g/mol. The smallest absolute Gasteiger partial charge is 0.310 e. The average molecular weight is 199 g/mol. The third kappa shape index (κ3) is 2.07. The Balaban J connectivity index is 1.82. The normalized spacial score (nSPS) is 33.5. The van der Waals surface area contributed by atoms with Crippen molar-refractivity contribution in [1.29, 1.82) is 0 Å². The highest BCUT2D eigenvalue weighted by Crippen LogP contribution is 2.25. The molecular weight excluding hydrogens is 182 g/mol. The van der Waals surface area contributed by atoms with Gasteiger partial charge in [0.15, 0.2) is 0 Å². The predicted molar refractivity (Wildman–Crippen MR) is 50.6 cm³/mol. The fourth-order valence-corrected chi connectivity index (χ4v) is 1.99. The van der Waals surface area contributed by atoms with Crippen LogP contribution in [0.2, 0.25) is 0 Å². The molecule has 2 atom stereocenters. The molecule has 0 bridgehead atoms. The summed E-state index contributed by atoms with van der Waals surface area (Å²) in [6.45, 7) is 1.10. The molecular formula is C10H17NO3. The van der Waals surface area contributed by atoms with Crippen LogP contribution < -0.4 is 5.73 Å². The van der Waals surface area contributed by atoms with Gasteiger partial charge in [-0.1, -0.05) is 12.8 Å². The van der Waals surface area contributed by atoms with Crippen molar-refractivity contribution in [3.8, 4) is 0 Å². The number of hydrogen-bond acceptors (Lipinski definition) is 4. The summed E-state index contributed by atoms with van der Waals surface area (Å²) in [6, 6.07) is -0.00255. The maximum absolute atomic E-state index is 11.7. The van der Waals surface area contributed by atoms with E-state index in [0.717, 1.165) is 25.7 Å². The van der Waals surface area contributed by atoms with Crippen LogP contribution in [0.3, 0.4) is 0 Å². The molecule has 0 spiro atoms. The van der Waals surface area contributed by atoms with Gasteiger partial charge in [-0.15, -0.1) is 0 Å². The second-order valence-electron chi connectivity index (χ2n) is 4.15. The first-order valence-electron chi connectivity index (χ1n) is 5.31. The van der Waals surface area contributed by atoms with Crippen molar-refractivity contribution in [2.75, 3.05) is 13.2 Å². The van der Waals surface area contributed by atoms with Gasteiger partial charge < -0.3 is 15.2 Å². The van der Waals surface area contributed by atoms with Gasteiger partial charge in [-0.3, -0.25) is 4.79 Å². The zero-order chi connectivity index (χ0) is 9.97. The summed E-state index contributed by atoms with van der Waals surface area (Å²) in [7, 11) is 0. The van der Waals surface area contributed by atoms with Crippen LogP contribution in [-0.4, -0.2) is 31.3 Å². The van der Waals surface area contributed by atoms with Crippen LogP contribution in [0.5, 0.6) is 0 Å². The second-order valence-corrected chi connectivity index (χ2v) is 4.15. The van der Waals surface area contributed by atoms with Crippen molar-refractivity contribution in [2.45, 2.75) is 37.8 Å². The predicted octanol–water partition coefficient (Wildman–Crippen LogP) is 0.446. The van der Waals surface area contributed by atoms with E-state index in [2.05, 4.69) is 0 Å². The highest BCUT2D eigenvalue weighted by molar-refractivity contribution is 5.73. The summed E-state index contributed by atoms with van der Waals surface area (Å²) in [6.07, 6.45) is 4.04. The minimum Gasteiger partial charge on any atom is -0.457 e. The molecule has 1 aliphatic carbocycles. The average Bonchev–Trinajstić information content (AvgIpc) is 2.12. The molecule has 1 heterocycles. The quantitative estimate of drug-likeness (QED) is 0.656. The number of carbonyl (C=O) groups is 1. The van der Waals surface area contributed by atoms with Gasteiger partial charge >= 0.3 is 5.97 Å². The Labute approximate surface area is 83.7 Å². The Bertz CT molecular complexity index is 215. The number of rotatable bonds is 2. The molecule has 1 aliphatic heterocycles. The molecule has 0 radical (unpaired) electrons. The molecule has 4 heteroatoms. The van der Waals surface area contributed by atoms with Crippen molar-refractivity contribution >= 4 is 5.97 Å². The van der Waals surface area contributed by atoms with E-state index in [1.807, 2.05) is 0 Å². The SMILES string of the molecule is NC1CCCCC1C(=O)OC1COC1. The molecule has 2 unspecified atom stereocenters. The lowest BCUT2D eigenvalue weighted by Gasteiger charge is -2.31. The molecule has 0 aromatic heterocycles. The molecule has 14 heavy (non-hydrogen) atoms. The summed E-state index contributed by atoms with van der Waals surface area (Å²) in [5.41, 5.74) is 5.88. The molecule has 0 amide bonds. The van der Waals surface area contributed by atoms with Gasteiger partial charge in [0.2, 0.25) is 0 Å². The lowest BCUT2D eigenvalue weighted by molar-refractivity contribution is -0.178. The van der Waals surface area contributed by atoms with Gasteiger partial charge in [0, 0.05) is 6.04 Å². The molecule has 1 saturated heterocycles. The Morgan fingerprint density at radius 2 is 2.00 bits per heavy atom. The number of nitrogens with two attached hydrogens (primary N) is 1. The van der Waals surface area contributed by atoms with Crippen LogP contribution in [0.1, 0.15) is 25.7 Å². The number of ether oxygens (including phenoxy) is 2. The zero-order valence-corrected chi connectivity index (χ0v) is 8.28. The van der Waals surface area contributed by atoms with Gasteiger partial charge in [0.1, 0.15) is 6.10 Å². The van der Waals surface area contributed by atoms with Crippen molar-refractivity contribution in [3.63, 3.8) is 0 Å². The van der Waals surface area contributed by atoms with Gasteiger partial charge in [-0.05, 0) is 12.8 Å². The summed E-state index contributed by atoms with van der Waals surface area (Å²) in [5.74, 6) is -0.199. The van der Waals surface area contributed by atoms with E-state index in [1.165, 1.54) is 0 Å². The van der Waals surface area contributed by atoms with Crippen LogP contribution >= 0.6 is 0 Å². The van der Waals surface area contributed by atoms with Crippen LogP contribution in [0, 0.1) is 5.92 Å². The van der Waals surface area contributed by atoms with E-state index in [4.69, 9.17) is 15.2 Å². The van der Waals surface area contributed by atoms with Gasteiger partial charge in [-0.2, -0.15) is 0 Å². The highest BCUT2D eigenvalue weighted by atomic mass is 16.6. The third-order valence-electron chi connectivity index (χ3n) is 3.01. The Kier molecular flexibility index (Phi) is 3.03. The first kappa shape index (κ1) is 9.93. The molecule has 0 aromatic rings. The van der Waals surface area contributed by atoms with E-state index in [9.17, 15) is 4.79 Å². The Morgan fingerprint density at radius 1 is 1.29 bits per heavy atom. The lowest BCUT2D eigenvalue weighted by atomic mass is 9.85. The molecule has 80 valence electrons. The topological polar surface area (TPSA) is 61.6 Å². The van der Waals surface area contributed by atoms with Crippen molar-refractivity contribution in [3.05, 3.63) is 0 Å². The molecule has 2 fully saturated rings. The third-order valence-corrected chi connectivity index (χ3v) is 3.01. The van der Waals surface area contributed by atoms with Crippen LogP contribution in [-0.2, 0) is 14.3 Å². The number of carbonyl (C=O) groups excluding carboxylic acids is 1. The van der Waals surface area contributed by atoms with E-state index in [0.29, 0.717) is 13.2 Å². The van der Waals surface area contributed by atoms with Crippen molar-refractivity contribution < 1.29 is 14.3 Å². The van der Waals surface area contributed by atoms with Gasteiger partial charge in [0.25, 0.3) is 0 Å². The van der Waals surface area contributed by atoms with E-state index < -0.39 is 0 Å². The van der Waals surface area contributed by atoms with Crippen LogP contribution in [0.15, 0.2) is 0 Å². The Hall–Kier alpha value is -0.610. The number of esters is 1. The van der Waals surface area contributed by atoms with Gasteiger partial charge in [-0.25, -0.2) is 0 Å². The summed E-state index contributed by atoms with van der Waals surface area (Å²) < 4.78 is 10.2. The molecule has 2 N–H and O–H groups in total. The fraction of sp³-hybridized carbons (Fsp3) is 0.900. The number of hydrogen-bond donors (Lipinski definition) is 1. The molecule has 4 nitrogen and oxygen atoms in total.